The van der Waals surface area contributed by atoms with Crippen molar-refractivity contribution in [2.45, 2.75) is 32.7 Å². The molecule has 2 aromatic carbocycles. The van der Waals surface area contributed by atoms with Crippen LogP contribution in [0.15, 0.2) is 48.5 Å². The molecule has 5 heteroatoms. The van der Waals surface area contributed by atoms with Crippen molar-refractivity contribution in [3.8, 4) is 11.1 Å². The van der Waals surface area contributed by atoms with Crippen molar-refractivity contribution in [3.05, 3.63) is 59.7 Å². The van der Waals surface area contributed by atoms with E-state index in [1.165, 1.54) is 16.0 Å². The molecular formula is C22H23NO4. The lowest BCUT2D eigenvalue weighted by atomic mass is 9.86. The van der Waals surface area contributed by atoms with E-state index in [2.05, 4.69) is 24.3 Å². The van der Waals surface area contributed by atoms with E-state index in [1.807, 2.05) is 45.0 Å². The summed E-state index contributed by atoms with van der Waals surface area (Å²) in [6.45, 7) is 5.90. The predicted octanol–water partition coefficient (Wildman–Crippen LogP) is 4.17. The number of amides is 1. The minimum atomic E-state index is -0.631. The number of esters is 1. The number of cyclic esters (lactones) is 1. The molecule has 1 saturated heterocycles. The van der Waals surface area contributed by atoms with Gasteiger partial charge in [-0.15, -0.1) is 0 Å². The summed E-state index contributed by atoms with van der Waals surface area (Å²) in [7, 11) is 0. The third kappa shape index (κ3) is 2.97. The molecule has 27 heavy (non-hydrogen) atoms. The third-order valence-corrected chi connectivity index (χ3v) is 5.27. The van der Waals surface area contributed by atoms with Crippen LogP contribution in [0.4, 0.5) is 4.79 Å². The molecule has 4 rings (SSSR count). The van der Waals surface area contributed by atoms with Gasteiger partial charge in [0.2, 0.25) is 0 Å². The molecule has 0 radical (unpaired) electrons. The van der Waals surface area contributed by atoms with Crippen LogP contribution in [0, 0.1) is 5.41 Å². The number of benzene rings is 2. The molecule has 1 fully saturated rings. The zero-order chi connectivity index (χ0) is 19.2. The summed E-state index contributed by atoms with van der Waals surface area (Å²) in [6.07, 6.45) is -0.511. The van der Waals surface area contributed by atoms with Crippen molar-refractivity contribution in [2.24, 2.45) is 5.41 Å². The van der Waals surface area contributed by atoms with Crippen LogP contribution >= 0.6 is 0 Å². The van der Waals surface area contributed by atoms with Gasteiger partial charge in [0.1, 0.15) is 12.6 Å². The number of ether oxygens (including phenoxy) is 2. The van der Waals surface area contributed by atoms with E-state index in [4.69, 9.17) is 9.47 Å². The van der Waals surface area contributed by atoms with Crippen molar-refractivity contribution >= 4 is 12.1 Å². The number of carbonyl (C=O) groups excluding carboxylic acids is 2. The van der Waals surface area contributed by atoms with Crippen molar-refractivity contribution in [3.63, 3.8) is 0 Å². The Morgan fingerprint density at radius 2 is 1.63 bits per heavy atom. The second-order valence-corrected chi connectivity index (χ2v) is 8.13. The molecule has 0 spiro atoms. The first-order chi connectivity index (χ1) is 12.9. The molecule has 0 aromatic heterocycles. The number of hydrogen-bond donors (Lipinski definition) is 0. The lowest BCUT2D eigenvalue weighted by molar-refractivity contribution is -0.141. The van der Waals surface area contributed by atoms with Crippen LogP contribution < -0.4 is 0 Å². The molecule has 0 N–H and O–H groups in total. The van der Waals surface area contributed by atoms with Gasteiger partial charge in [-0.3, -0.25) is 4.90 Å². The maximum atomic E-state index is 12.7. The van der Waals surface area contributed by atoms with Gasteiger partial charge in [0.05, 0.1) is 0 Å². The van der Waals surface area contributed by atoms with E-state index in [1.54, 1.807) is 0 Å². The second kappa shape index (κ2) is 6.41. The molecule has 1 aliphatic carbocycles. The Labute approximate surface area is 158 Å². The Hall–Kier alpha value is -2.82. The number of fused-ring (bicyclic) bond motifs is 3. The normalized spacial score (nSPS) is 18.9. The average molecular weight is 365 g/mol. The van der Waals surface area contributed by atoms with E-state index in [-0.39, 0.29) is 25.2 Å². The third-order valence-electron chi connectivity index (χ3n) is 5.27. The minimum absolute atomic E-state index is 0.00587. The molecule has 2 aromatic rings. The maximum Gasteiger partial charge on any atom is 0.413 e. The molecule has 0 unspecified atom stereocenters. The second-order valence-electron chi connectivity index (χ2n) is 8.13. The van der Waals surface area contributed by atoms with E-state index in [0.29, 0.717) is 0 Å². The number of nitrogens with zero attached hydrogens (tertiary/aromatic N) is 1. The molecular weight excluding hydrogens is 342 g/mol. The molecule has 0 bridgehead atoms. The van der Waals surface area contributed by atoms with Gasteiger partial charge in [-0.2, -0.15) is 0 Å². The summed E-state index contributed by atoms with van der Waals surface area (Å²) in [4.78, 5) is 26.1. The summed E-state index contributed by atoms with van der Waals surface area (Å²) in [6, 6.07) is 15.8. The Balaban J connectivity index is 1.54. The molecule has 1 atom stereocenters. The summed E-state index contributed by atoms with van der Waals surface area (Å²) < 4.78 is 10.7. The van der Waals surface area contributed by atoms with E-state index < -0.39 is 17.6 Å². The molecule has 1 heterocycles. The fourth-order valence-corrected chi connectivity index (χ4v) is 4.07. The zero-order valence-corrected chi connectivity index (χ0v) is 15.8. The molecule has 1 amide bonds. The first kappa shape index (κ1) is 17.6. The van der Waals surface area contributed by atoms with Crippen LogP contribution in [0.2, 0.25) is 0 Å². The van der Waals surface area contributed by atoms with Gasteiger partial charge in [-0.05, 0) is 27.7 Å². The van der Waals surface area contributed by atoms with Crippen molar-refractivity contribution in [1.82, 2.24) is 4.90 Å². The topological polar surface area (TPSA) is 55.8 Å². The number of hydrogen-bond acceptors (Lipinski definition) is 4. The van der Waals surface area contributed by atoms with E-state index in [9.17, 15) is 9.59 Å². The highest BCUT2D eigenvalue weighted by Crippen LogP contribution is 2.44. The highest BCUT2D eigenvalue weighted by Gasteiger charge is 2.46. The van der Waals surface area contributed by atoms with Gasteiger partial charge >= 0.3 is 12.1 Å². The van der Waals surface area contributed by atoms with Crippen LogP contribution in [0.25, 0.3) is 11.1 Å². The molecule has 140 valence electrons. The Bertz CT molecular complexity index is 854. The number of rotatable bonds is 2. The van der Waals surface area contributed by atoms with Gasteiger partial charge < -0.3 is 9.47 Å². The van der Waals surface area contributed by atoms with Crippen molar-refractivity contribution in [1.29, 1.82) is 0 Å². The Morgan fingerprint density at radius 3 is 2.19 bits per heavy atom. The highest BCUT2D eigenvalue weighted by molar-refractivity contribution is 5.85. The van der Waals surface area contributed by atoms with Gasteiger partial charge in [-0.1, -0.05) is 69.3 Å². The van der Waals surface area contributed by atoms with Crippen molar-refractivity contribution < 1.29 is 19.1 Å². The first-order valence-corrected chi connectivity index (χ1v) is 9.16. The summed E-state index contributed by atoms with van der Waals surface area (Å²) in [5.41, 5.74) is 4.27. The Morgan fingerprint density at radius 1 is 1.07 bits per heavy atom. The van der Waals surface area contributed by atoms with Gasteiger partial charge in [0.15, 0.2) is 6.73 Å². The summed E-state index contributed by atoms with van der Waals surface area (Å²) >= 11 is 0. The summed E-state index contributed by atoms with van der Waals surface area (Å²) in [5, 5.41) is 0. The fourth-order valence-electron chi connectivity index (χ4n) is 4.07. The van der Waals surface area contributed by atoms with Gasteiger partial charge in [0.25, 0.3) is 0 Å². The van der Waals surface area contributed by atoms with Crippen LogP contribution in [-0.4, -0.2) is 36.3 Å². The quantitative estimate of drug-likeness (QED) is 0.750. The van der Waals surface area contributed by atoms with E-state index >= 15 is 0 Å². The lowest BCUT2D eigenvalue weighted by Gasteiger charge is -2.30. The van der Waals surface area contributed by atoms with Gasteiger partial charge in [0, 0.05) is 5.92 Å². The van der Waals surface area contributed by atoms with Crippen LogP contribution in [0.1, 0.15) is 37.8 Å². The zero-order valence-electron chi connectivity index (χ0n) is 15.8. The van der Waals surface area contributed by atoms with Crippen molar-refractivity contribution in [2.75, 3.05) is 13.3 Å². The van der Waals surface area contributed by atoms with Gasteiger partial charge in [-0.25, -0.2) is 9.59 Å². The number of carbonyl (C=O) groups is 2. The monoisotopic (exact) mass is 365 g/mol. The minimum Gasteiger partial charge on any atom is -0.448 e. The predicted molar refractivity (Wildman–Crippen MR) is 101 cm³/mol. The molecule has 5 nitrogen and oxygen atoms in total. The SMILES string of the molecule is CC(C)(C)[C@H]1C(=O)OCN1C(=O)OCC1c2ccccc2-c2ccccc21. The standard InChI is InChI=1S/C22H23NO4/c1-22(2,3)19-20(24)27-13-23(19)21(25)26-12-18-16-10-6-4-8-14(16)15-9-5-7-11-17(15)18/h4-11,18-19H,12-13H2,1-3H3/t19-/m1/s1. The highest BCUT2D eigenvalue weighted by atomic mass is 16.6. The van der Waals surface area contributed by atoms with Crippen LogP contribution in [0.3, 0.4) is 0 Å². The maximum absolute atomic E-state index is 12.7. The first-order valence-electron chi connectivity index (χ1n) is 9.16. The van der Waals surface area contributed by atoms with E-state index in [0.717, 1.165) is 11.1 Å². The fraction of sp³-hybridized carbons (Fsp3) is 0.364. The molecule has 0 saturated carbocycles. The molecule has 2 aliphatic rings. The largest absolute Gasteiger partial charge is 0.448 e. The van der Waals surface area contributed by atoms with Crippen LogP contribution in [-0.2, 0) is 14.3 Å². The molecule has 1 aliphatic heterocycles. The summed E-state index contributed by atoms with van der Waals surface area (Å²) in [5.74, 6) is -0.385. The smallest absolute Gasteiger partial charge is 0.413 e. The Kier molecular flexibility index (Phi) is 4.17. The lowest BCUT2D eigenvalue weighted by Crippen LogP contribution is -2.46. The van der Waals surface area contributed by atoms with Crippen LogP contribution in [0.5, 0.6) is 0 Å². The average Bonchev–Trinajstić information content (AvgIpc) is 3.18.